The quantitative estimate of drug-likeness (QED) is 0.442. The molecule has 16 heavy (non-hydrogen) atoms. The molecule has 0 bridgehead atoms. The van der Waals surface area contributed by atoms with Crippen molar-refractivity contribution in [3.05, 3.63) is 0 Å². The van der Waals surface area contributed by atoms with Crippen LogP contribution in [0.2, 0.25) is 0 Å². The minimum atomic E-state index is 0.110. The van der Waals surface area contributed by atoms with Gasteiger partial charge in [-0.1, -0.05) is 54.5 Å². The van der Waals surface area contributed by atoms with Crippen LogP contribution in [0.3, 0.4) is 0 Å². The van der Waals surface area contributed by atoms with E-state index in [-0.39, 0.29) is 6.29 Å². The second kappa shape index (κ2) is 10.5. The maximum absolute atomic E-state index is 5.40. The van der Waals surface area contributed by atoms with Crippen LogP contribution in [0.5, 0.6) is 0 Å². The minimum Gasteiger partial charge on any atom is -0.350 e. The summed E-state index contributed by atoms with van der Waals surface area (Å²) in [6.45, 7) is 1.58. The monoisotopic (exact) mass is 292 g/mol. The Hall–Kier alpha value is 0.400. The van der Waals surface area contributed by atoms with Gasteiger partial charge in [-0.15, -0.1) is 0 Å². The van der Waals surface area contributed by atoms with Crippen molar-refractivity contribution in [2.45, 2.75) is 64.1 Å². The zero-order chi connectivity index (χ0) is 11.5. The largest absolute Gasteiger partial charge is 0.350 e. The molecule has 0 unspecified atom stereocenters. The lowest BCUT2D eigenvalue weighted by Crippen LogP contribution is -2.06. The van der Waals surface area contributed by atoms with Crippen LogP contribution in [0.1, 0.15) is 57.8 Å². The van der Waals surface area contributed by atoms with Crippen molar-refractivity contribution in [1.82, 2.24) is 0 Å². The van der Waals surface area contributed by atoms with Crippen LogP contribution in [0, 0.1) is 0 Å². The molecule has 0 aromatic heterocycles. The summed E-state index contributed by atoms with van der Waals surface area (Å²) in [7, 11) is 0. The molecule has 0 aromatic rings. The van der Waals surface area contributed by atoms with E-state index in [0.29, 0.717) is 0 Å². The minimum absolute atomic E-state index is 0.110. The summed E-state index contributed by atoms with van der Waals surface area (Å²) in [6, 6.07) is 0. The van der Waals surface area contributed by atoms with Crippen LogP contribution >= 0.6 is 15.9 Å². The highest BCUT2D eigenvalue weighted by Crippen LogP contribution is 2.14. The summed E-state index contributed by atoms with van der Waals surface area (Å²) in [5.74, 6) is 0. The molecule has 1 aliphatic heterocycles. The number of ether oxygens (including phenoxy) is 2. The fourth-order valence-corrected chi connectivity index (χ4v) is 2.44. The van der Waals surface area contributed by atoms with Crippen LogP contribution in [-0.2, 0) is 9.47 Å². The first-order chi connectivity index (χ1) is 7.93. The molecule has 0 aromatic carbocycles. The third-order valence-electron chi connectivity index (χ3n) is 3.01. The topological polar surface area (TPSA) is 18.5 Å². The van der Waals surface area contributed by atoms with E-state index in [9.17, 15) is 0 Å². The fourth-order valence-electron chi connectivity index (χ4n) is 2.04. The van der Waals surface area contributed by atoms with E-state index >= 15 is 0 Å². The predicted octanol–water partition coefficient (Wildman–Crippen LogP) is 4.27. The molecular formula is C13H25BrO2. The van der Waals surface area contributed by atoms with Gasteiger partial charge in [0.05, 0.1) is 13.2 Å². The van der Waals surface area contributed by atoms with E-state index in [4.69, 9.17) is 9.47 Å². The summed E-state index contributed by atoms with van der Waals surface area (Å²) in [5, 5.41) is 1.16. The molecular weight excluding hydrogens is 268 g/mol. The first-order valence-electron chi connectivity index (χ1n) is 6.72. The Balaban J connectivity index is 1.71. The van der Waals surface area contributed by atoms with Crippen molar-refractivity contribution in [3.8, 4) is 0 Å². The molecule has 1 aliphatic rings. The Labute approximate surface area is 108 Å². The van der Waals surface area contributed by atoms with Gasteiger partial charge in [-0.2, -0.15) is 0 Å². The molecule has 0 spiro atoms. The van der Waals surface area contributed by atoms with Crippen molar-refractivity contribution in [1.29, 1.82) is 0 Å². The summed E-state index contributed by atoms with van der Waals surface area (Å²) in [5.41, 5.74) is 0. The smallest absolute Gasteiger partial charge is 0.157 e. The van der Waals surface area contributed by atoms with Gasteiger partial charge in [0.15, 0.2) is 6.29 Å². The van der Waals surface area contributed by atoms with Crippen molar-refractivity contribution in [2.75, 3.05) is 18.5 Å². The van der Waals surface area contributed by atoms with Crippen molar-refractivity contribution in [2.24, 2.45) is 0 Å². The number of hydrogen-bond donors (Lipinski definition) is 0. The summed E-state index contributed by atoms with van der Waals surface area (Å²) in [6.07, 6.45) is 12.1. The van der Waals surface area contributed by atoms with E-state index in [1.807, 2.05) is 0 Å². The molecule has 0 atom stereocenters. The van der Waals surface area contributed by atoms with Gasteiger partial charge in [0.25, 0.3) is 0 Å². The highest BCUT2D eigenvalue weighted by molar-refractivity contribution is 9.09. The summed E-state index contributed by atoms with van der Waals surface area (Å²) < 4.78 is 10.8. The average molecular weight is 293 g/mol. The maximum atomic E-state index is 5.40. The molecule has 0 amide bonds. The van der Waals surface area contributed by atoms with E-state index in [2.05, 4.69) is 15.9 Å². The van der Waals surface area contributed by atoms with Gasteiger partial charge in [-0.25, -0.2) is 0 Å². The zero-order valence-electron chi connectivity index (χ0n) is 10.3. The summed E-state index contributed by atoms with van der Waals surface area (Å²) in [4.78, 5) is 0. The Bertz CT molecular complexity index is 147. The van der Waals surface area contributed by atoms with Crippen LogP contribution in [0.15, 0.2) is 0 Å². The maximum Gasteiger partial charge on any atom is 0.157 e. The normalized spacial score (nSPS) is 17.1. The second-order valence-corrected chi connectivity index (χ2v) is 5.27. The van der Waals surface area contributed by atoms with Crippen LogP contribution in [-0.4, -0.2) is 24.8 Å². The highest BCUT2D eigenvalue weighted by atomic mass is 79.9. The van der Waals surface area contributed by atoms with Crippen LogP contribution in [0.4, 0.5) is 0 Å². The molecule has 1 heterocycles. The zero-order valence-corrected chi connectivity index (χ0v) is 11.8. The lowest BCUT2D eigenvalue weighted by molar-refractivity contribution is -0.0480. The summed E-state index contributed by atoms with van der Waals surface area (Å²) >= 11 is 3.46. The lowest BCUT2D eigenvalue weighted by Gasteiger charge is -2.07. The first kappa shape index (κ1) is 14.5. The van der Waals surface area contributed by atoms with Gasteiger partial charge in [0.1, 0.15) is 0 Å². The molecule has 96 valence electrons. The van der Waals surface area contributed by atoms with E-state index < -0.39 is 0 Å². The van der Waals surface area contributed by atoms with Crippen molar-refractivity contribution < 1.29 is 9.47 Å². The molecule has 2 nitrogen and oxygen atoms in total. The van der Waals surface area contributed by atoms with E-state index in [1.165, 1.54) is 51.4 Å². The van der Waals surface area contributed by atoms with Gasteiger partial charge in [0.2, 0.25) is 0 Å². The first-order valence-corrected chi connectivity index (χ1v) is 7.85. The number of alkyl halides is 1. The number of rotatable bonds is 10. The number of halogens is 1. The van der Waals surface area contributed by atoms with Crippen molar-refractivity contribution in [3.63, 3.8) is 0 Å². The molecule has 0 saturated carbocycles. The van der Waals surface area contributed by atoms with Gasteiger partial charge < -0.3 is 9.47 Å². The SMILES string of the molecule is BrCCCCCCCCCCC1OCCO1. The second-order valence-electron chi connectivity index (χ2n) is 4.48. The average Bonchev–Trinajstić information content (AvgIpc) is 2.80. The molecule has 3 heteroatoms. The Morgan fingerprint density at radius 3 is 1.81 bits per heavy atom. The molecule has 1 fully saturated rings. The van der Waals surface area contributed by atoms with Crippen LogP contribution < -0.4 is 0 Å². The molecule has 0 N–H and O–H groups in total. The van der Waals surface area contributed by atoms with Gasteiger partial charge in [-0.3, -0.25) is 0 Å². The van der Waals surface area contributed by atoms with Crippen LogP contribution in [0.25, 0.3) is 0 Å². The molecule has 0 radical (unpaired) electrons. The van der Waals surface area contributed by atoms with E-state index in [0.717, 1.165) is 25.0 Å². The standard InChI is InChI=1S/C13H25BrO2/c14-10-8-6-4-2-1-3-5-7-9-13-15-11-12-16-13/h13H,1-12H2. The van der Waals surface area contributed by atoms with Gasteiger partial charge in [-0.05, 0) is 19.3 Å². The highest BCUT2D eigenvalue weighted by Gasteiger charge is 2.14. The lowest BCUT2D eigenvalue weighted by atomic mass is 10.1. The predicted molar refractivity (Wildman–Crippen MR) is 71.0 cm³/mol. The van der Waals surface area contributed by atoms with Gasteiger partial charge >= 0.3 is 0 Å². The Morgan fingerprint density at radius 1 is 0.750 bits per heavy atom. The molecule has 0 aliphatic carbocycles. The third-order valence-corrected chi connectivity index (χ3v) is 3.58. The number of unbranched alkanes of at least 4 members (excludes halogenated alkanes) is 7. The van der Waals surface area contributed by atoms with E-state index in [1.54, 1.807) is 0 Å². The molecule has 1 saturated heterocycles. The number of hydrogen-bond acceptors (Lipinski definition) is 2. The van der Waals surface area contributed by atoms with Gasteiger partial charge in [0, 0.05) is 5.33 Å². The Morgan fingerprint density at radius 2 is 1.25 bits per heavy atom. The van der Waals surface area contributed by atoms with Crippen molar-refractivity contribution >= 4 is 15.9 Å². The Kier molecular flexibility index (Phi) is 9.53. The fraction of sp³-hybridized carbons (Fsp3) is 1.00. The third kappa shape index (κ3) is 7.64. The molecule has 1 rings (SSSR count).